The molecule has 1 amide bonds. The van der Waals surface area contributed by atoms with E-state index in [0.717, 1.165) is 18.9 Å². The first-order chi connectivity index (χ1) is 8.99. The highest BCUT2D eigenvalue weighted by Gasteiger charge is 2.15. The molecule has 0 aliphatic carbocycles. The van der Waals surface area contributed by atoms with Gasteiger partial charge in [-0.3, -0.25) is 4.79 Å². The Hall–Kier alpha value is -1.93. The van der Waals surface area contributed by atoms with Gasteiger partial charge < -0.3 is 11.1 Å². The second kappa shape index (κ2) is 6.86. The van der Waals surface area contributed by atoms with Gasteiger partial charge in [0, 0.05) is 11.3 Å². The number of carbonyl (C=O) groups is 1. The van der Waals surface area contributed by atoms with Crippen molar-refractivity contribution in [2.24, 2.45) is 5.73 Å². The highest BCUT2D eigenvalue weighted by Crippen LogP contribution is 2.20. The third-order valence-electron chi connectivity index (χ3n) is 2.94. The first-order valence-electron chi connectivity index (χ1n) is 6.26. The van der Waals surface area contributed by atoms with Crippen molar-refractivity contribution in [3.05, 3.63) is 29.1 Å². The van der Waals surface area contributed by atoms with Crippen LogP contribution < -0.4 is 11.1 Å². The van der Waals surface area contributed by atoms with Crippen molar-refractivity contribution in [2.45, 2.75) is 39.2 Å². The van der Waals surface area contributed by atoms with Crippen LogP contribution in [0.15, 0.2) is 12.1 Å². The van der Waals surface area contributed by atoms with E-state index in [-0.39, 0.29) is 11.5 Å². The number of nitrogens with one attached hydrogen (secondary N) is 1. The Morgan fingerprint density at radius 3 is 2.84 bits per heavy atom. The van der Waals surface area contributed by atoms with E-state index in [9.17, 15) is 9.18 Å². The van der Waals surface area contributed by atoms with Gasteiger partial charge in [0.1, 0.15) is 5.82 Å². The number of hydrogen-bond donors (Lipinski definition) is 2. The molecule has 0 bridgehead atoms. The lowest BCUT2D eigenvalue weighted by Gasteiger charge is -2.14. The lowest BCUT2D eigenvalue weighted by Crippen LogP contribution is -2.35. The molecule has 1 atom stereocenters. The lowest BCUT2D eigenvalue weighted by molar-refractivity contribution is -0.117. The van der Waals surface area contributed by atoms with E-state index in [1.165, 1.54) is 6.07 Å². The highest BCUT2D eigenvalue weighted by atomic mass is 19.1. The monoisotopic (exact) mass is 263 g/mol. The van der Waals surface area contributed by atoms with E-state index in [4.69, 9.17) is 11.0 Å². The number of nitriles is 1. The summed E-state index contributed by atoms with van der Waals surface area (Å²) in [6, 6.07) is 3.82. The molecule has 3 N–H and O–H groups in total. The van der Waals surface area contributed by atoms with Gasteiger partial charge in [-0.1, -0.05) is 19.8 Å². The van der Waals surface area contributed by atoms with Gasteiger partial charge >= 0.3 is 0 Å². The van der Waals surface area contributed by atoms with E-state index in [2.05, 4.69) is 5.32 Å². The molecule has 1 rings (SSSR count). The molecule has 0 spiro atoms. The van der Waals surface area contributed by atoms with Gasteiger partial charge in [0.15, 0.2) is 0 Å². The second-order valence-electron chi connectivity index (χ2n) is 4.48. The first-order valence-corrected chi connectivity index (χ1v) is 6.26. The van der Waals surface area contributed by atoms with E-state index in [0.29, 0.717) is 17.7 Å². The number of unbranched alkanes of at least 4 members (excludes halogenated alkanes) is 1. The fourth-order valence-corrected chi connectivity index (χ4v) is 1.65. The molecule has 0 saturated heterocycles. The van der Waals surface area contributed by atoms with Crippen molar-refractivity contribution in [2.75, 3.05) is 5.32 Å². The summed E-state index contributed by atoms with van der Waals surface area (Å²) in [7, 11) is 0. The Morgan fingerprint density at radius 1 is 1.58 bits per heavy atom. The minimum Gasteiger partial charge on any atom is -0.324 e. The Balaban J connectivity index is 2.85. The van der Waals surface area contributed by atoms with Crippen LogP contribution in [0.25, 0.3) is 0 Å². The molecule has 0 saturated carbocycles. The van der Waals surface area contributed by atoms with Gasteiger partial charge in [-0.15, -0.1) is 0 Å². The number of benzene rings is 1. The molecule has 0 radical (unpaired) electrons. The van der Waals surface area contributed by atoms with Crippen LogP contribution in [0.2, 0.25) is 0 Å². The first kappa shape index (κ1) is 15.1. The van der Waals surface area contributed by atoms with E-state index in [1.54, 1.807) is 6.92 Å². The van der Waals surface area contributed by atoms with Crippen molar-refractivity contribution in [3.8, 4) is 6.07 Å². The largest absolute Gasteiger partial charge is 0.324 e. The minimum absolute atomic E-state index is 0.167. The van der Waals surface area contributed by atoms with Crippen LogP contribution in [0.1, 0.15) is 37.3 Å². The Labute approximate surface area is 112 Å². The van der Waals surface area contributed by atoms with Gasteiger partial charge in [0.2, 0.25) is 5.91 Å². The van der Waals surface area contributed by atoms with Gasteiger partial charge in [-0.2, -0.15) is 5.26 Å². The number of anilines is 1. The molecule has 0 aliphatic heterocycles. The molecule has 102 valence electrons. The normalized spacial score (nSPS) is 11.7. The zero-order valence-corrected chi connectivity index (χ0v) is 11.2. The number of nitrogens with two attached hydrogens (primary N) is 1. The molecule has 5 heteroatoms. The number of hydrogen-bond acceptors (Lipinski definition) is 3. The molecular weight excluding hydrogens is 245 g/mol. The van der Waals surface area contributed by atoms with E-state index in [1.807, 2.05) is 13.0 Å². The fourth-order valence-electron chi connectivity index (χ4n) is 1.65. The molecule has 0 aromatic heterocycles. The zero-order chi connectivity index (χ0) is 14.4. The maximum absolute atomic E-state index is 13.5. The maximum Gasteiger partial charge on any atom is 0.241 e. The second-order valence-corrected chi connectivity index (χ2v) is 4.48. The van der Waals surface area contributed by atoms with E-state index < -0.39 is 11.9 Å². The lowest BCUT2D eigenvalue weighted by atomic mass is 10.1. The number of nitrogens with zero attached hydrogens (tertiary/aromatic N) is 1. The molecule has 0 heterocycles. The average molecular weight is 263 g/mol. The summed E-state index contributed by atoms with van der Waals surface area (Å²) in [5.41, 5.74) is 6.51. The topological polar surface area (TPSA) is 78.9 Å². The van der Waals surface area contributed by atoms with Crippen LogP contribution in [-0.4, -0.2) is 11.9 Å². The van der Waals surface area contributed by atoms with Gasteiger partial charge in [-0.05, 0) is 25.5 Å². The van der Waals surface area contributed by atoms with Gasteiger partial charge in [0.05, 0.1) is 17.7 Å². The third kappa shape index (κ3) is 4.04. The van der Waals surface area contributed by atoms with Crippen molar-refractivity contribution in [1.82, 2.24) is 0 Å². The van der Waals surface area contributed by atoms with Crippen LogP contribution >= 0.6 is 0 Å². The summed E-state index contributed by atoms with van der Waals surface area (Å²) in [6.07, 6.45) is 2.40. The molecule has 0 aliphatic rings. The summed E-state index contributed by atoms with van der Waals surface area (Å²) in [4.78, 5) is 11.8. The molecule has 0 unspecified atom stereocenters. The summed E-state index contributed by atoms with van der Waals surface area (Å²) in [6.45, 7) is 3.56. The van der Waals surface area contributed by atoms with Crippen LogP contribution in [0.3, 0.4) is 0 Å². The quantitative estimate of drug-likeness (QED) is 0.856. The number of amides is 1. The van der Waals surface area contributed by atoms with Crippen molar-refractivity contribution < 1.29 is 9.18 Å². The predicted octanol–water partition coefficient (Wildman–Crippen LogP) is 2.46. The van der Waals surface area contributed by atoms with Gasteiger partial charge in [-0.25, -0.2) is 4.39 Å². The Kier molecular flexibility index (Phi) is 5.46. The zero-order valence-electron chi connectivity index (χ0n) is 11.2. The highest BCUT2D eigenvalue weighted by molar-refractivity contribution is 5.95. The Bertz CT molecular complexity index is 508. The fraction of sp³-hybridized carbons (Fsp3) is 0.429. The SMILES string of the molecule is CCCC[C@H](N)C(=O)Nc1cc(C#N)cc(F)c1C. The maximum atomic E-state index is 13.5. The molecule has 1 aromatic rings. The van der Waals surface area contributed by atoms with Crippen LogP contribution in [0.5, 0.6) is 0 Å². The van der Waals surface area contributed by atoms with Crippen LogP contribution in [0.4, 0.5) is 10.1 Å². The standard InChI is InChI=1S/C14H18FN3O/c1-3-4-5-12(17)14(19)18-13-7-10(8-16)6-11(15)9(13)2/h6-7,12H,3-5,17H2,1-2H3,(H,18,19)/t12-/m0/s1. The number of carbonyl (C=O) groups excluding carboxylic acids is 1. The molecular formula is C14H18FN3O. The van der Waals surface area contributed by atoms with E-state index >= 15 is 0 Å². The van der Waals surface area contributed by atoms with Crippen LogP contribution in [0, 0.1) is 24.1 Å². The molecule has 19 heavy (non-hydrogen) atoms. The predicted molar refractivity (Wildman–Crippen MR) is 72.0 cm³/mol. The smallest absolute Gasteiger partial charge is 0.241 e. The molecule has 0 fully saturated rings. The summed E-state index contributed by atoms with van der Waals surface area (Å²) < 4.78 is 13.5. The van der Waals surface area contributed by atoms with Crippen molar-refractivity contribution in [1.29, 1.82) is 5.26 Å². The molecule has 1 aromatic carbocycles. The summed E-state index contributed by atoms with van der Waals surface area (Å²) >= 11 is 0. The third-order valence-corrected chi connectivity index (χ3v) is 2.94. The summed E-state index contributed by atoms with van der Waals surface area (Å²) in [5.74, 6) is -0.873. The van der Waals surface area contributed by atoms with Crippen LogP contribution in [-0.2, 0) is 4.79 Å². The van der Waals surface area contributed by atoms with Crippen molar-refractivity contribution >= 4 is 11.6 Å². The Morgan fingerprint density at radius 2 is 2.26 bits per heavy atom. The molecule has 4 nitrogen and oxygen atoms in total. The van der Waals surface area contributed by atoms with Gasteiger partial charge in [0.25, 0.3) is 0 Å². The van der Waals surface area contributed by atoms with Crippen molar-refractivity contribution in [3.63, 3.8) is 0 Å². The average Bonchev–Trinajstić information content (AvgIpc) is 2.40. The summed E-state index contributed by atoms with van der Waals surface area (Å²) in [5, 5.41) is 11.4. The number of halogens is 1. The minimum atomic E-state index is -0.617. The number of rotatable bonds is 5.